The second-order valence-corrected chi connectivity index (χ2v) is 3.28. The SMILES string of the molecule is NC(=NO)c1nccnc1OC(C(F)(F)F)C(F)(F)F. The molecule has 1 rings (SSSR count). The lowest BCUT2D eigenvalue weighted by molar-refractivity contribution is -0.300. The Balaban J connectivity index is 3.20. The lowest BCUT2D eigenvalue weighted by atomic mass is 10.3. The summed E-state index contributed by atoms with van der Waals surface area (Å²) in [5.74, 6) is -2.02. The van der Waals surface area contributed by atoms with Crippen LogP contribution in [0, 0.1) is 0 Å². The van der Waals surface area contributed by atoms with Crippen molar-refractivity contribution in [2.75, 3.05) is 0 Å². The summed E-state index contributed by atoms with van der Waals surface area (Å²) in [6.45, 7) is 0. The molecule has 1 aromatic heterocycles. The van der Waals surface area contributed by atoms with Gasteiger partial charge >= 0.3 is 12.4 Å². The number of aromatic nitrogens is 2. The Morgan fingerprint density at radius 1 is 1.15 bits per heavy atom. The minimum Gasteiger partial charge on any atom is -0.453 e. The topological polar surface area (TPSA) is 93.6 Å². The van der Waals surface area contributed by atoms with Crippen molar-refractivity contribution in [1.82, 2.24) is 9.97 Å². The van der Waals surface area contributed by atoms with Gasteiger partial charge in [0, 0.05) is 12.4 Å². The lowest BCUT2D eigenvalue weighted by Crippen LogP contribution is -2.47. The molecule has 0 aliphatic rings. The molecule has 1 heterocycles. The number of amidine groups is 1. The van der Waals surface area contributed by atoms with Crippen molar-refractivity contribution >= 4 is 5.84 Å². The van der Waals surface area contributed by atoms with Crippen LogP contribution < -0.4 is 10.5 Å². The highest BCUT2D eigenvalue weighted by atomic mass is 19.4. The van der Waals surface area contributed by atoms with Gasteiger partial charge in [-0.3, -0.25) is 0 Å². The molecule has 1 aromatic rings. The molecular weight excluding hydrogens is 298 g/mol. The fraction of sp³-hybridized carbons (Fsp3) is 0.375. The zero-order chi connectivity index (χ0) is 15.6. The Bertz CT molecular complexity index is 486. The van der Waals surface area contributed by atoms with E-state index in [1.54, 1.807) is 0 Å². The van der Waals surface area contributed by atoms with E-state index in [9.17, 15) is 26.3 Å². The van der Waals surface area contributed by atoms with Gasteiger partial charge in [0.25, 0.3) is 6.10 Å². The summed E-state index contributed by atoms with van der Waals surface area (Å²) in [4.78, 5) is 6.49. The first-order valence-electron chi connectivity index (χ1n) is 4.66. The van der Waals surface area contributed by atoms with Crippen LogP contribution in [0.4, 0.5) is 26.3 Å². The van der Waals surface area contributed by atoms with E-state index < -0.39 is 35.9 Å². The minimum absolute atomic E-state index is 0.756. The number of alkyl halides is 6. The van der Waals surface area contributed by atoms with E-state index in [2.05, 4.69) is 19.9 Å². The average Bonchev–Trinajstić information content (AvgIpc) is 2.32. The summed E-state index contributed by atoms with van der Waals surface area (Å²) in [5.41, 5.74) is 4.29. The summed E-state index contributed by atoms with van der Waals surface area (Å²) >= 11 is 0. The van der Waals surface area contributed by atoms with Gasteiger partial charge in [0.15, 0.2) is 11.5 Å². The fourth-order valence-electron chi connectivity index (χ4n) is 1.07. The number of nitrogens with zero attached hydrogens (tertiary/aromatic N) is 3. The van der Waals surface area contributed by atoms with E-state index in [0.29, 0.717) is 0 Å². The van der Waals surface area contributed by atoms with Gasteiger partial charge in [-0.25, -0.2) is 9.97 Å². The van der Waals surface area contributed by atoms with Crippen molar-refractivity contribution in [3.05, 3.63) is 18.1 Å². The molecule has 0 bridgehead atoms. The van der Waals surface area contributed by atoms with Crippen LogP contribution in [-0.2, 0) is 0 Å². The van der Waals surface area contributed by atoms with Crippen molar-refractivity contribution < 1.29 is 36.3 Å². The molecule has 20 heavy (non-hydrogen) atoms. The third kappa shape index (κ3) is 3.61. The minimum atomic E-state index is -5.72. The summed E-state index contributed by atoms with van der Waals surface area (Å²) < 4.78 is 77.7. The molecule has 12 heteroatoms. The predicted molar refractivity (Wildman–Crippen MR) is 51.1 cm³/mol. The number of rotatable bonds is 3. The number of oxime groups is 1. The maximum absolute atomic E-state index is 12.3. The van der Waals surface area contributed by atoms with E-state index in [4.69, 9.17) is 10.9 Å². The van der Waals surface area contributed by atoms with Crippen LogP contribution in [0.15, 0.2) is 17.5 Å². The molecule has 0 saturated heterocycles. The Kier molecular flexibility index (Phi) is 4.25. The van der Waals surface area contributed by atoms with E-state index in [-0.39, 0.29) is 0 Å². The quantitative estimate of drug-likeness (QED) is 0.290. The van der Waals surface area contributed by atoms with Crippen LogP contribution in [0.5, 0.6) is 5.88 Å². The largest absolute Gasteiger partial charge is 0.453 e. The summed E-state index contributed by atoms with van der Waals surface area (Å²) in [6, 6.07) is 0. The molecule has 6 nitrogen and oxygen atoms in total. The van der Waals surface area contributed by atoms with Gasteiger partial charge in [-0.1, -0.05) is 5.16 Å². The van der Waals surface area contributed by atoms with Gasteiger partial charge in [0.1, 0.15) is 0 Å². The van der Waals surface area contributed by atoms with Gasteiger partial charge in [-0.05, 0) is 0 Å². The Labute approximate surface area is 106 Å². The van der Waals surface area contributed by atoms with Crippen LogP contribution in [0.25, 0.3) is 0 Å². The highest BCUT2D eigenvalue weighted by molar-refractivity contribution is 5.97. The van der Waals surface area contributed by atoms with Crippen molar-refractivity contribution in [3.63, 3.8) is 0 Å². The van der Waals surface area contributed by atoms with E-state index in [1.807, 2.05) is 0 Å². The second kappa shape index (κ2) is 5.38. The maximum atomic E-state index is 12.3. The van der Waals surface area contributed by atoms with Crippen LogP contribution in [-0.4, -0.2) is 39.5 Å². The first-order chi connectivity index (χ1) is 9.07. The van der Waals surface area contributed by atoms with Gasteiger partial charge in [-0.2, -0.15) is 26.3 Å². The first-order valence-corrected chi connectivity index (χ1v) is 4.66. The Hall–Kier alpha value is -2.27. The molecule has 0 atom stereocenters. The third-order valence-electron chi connectivity index (χ3n) is 1.84. The average molecular weight is 304 g/mol. The van der Waals surface area contributed by atoms with Crippen molar-refractivity contribution in [1.29, 1.82) is 0 Å². The first kappa shape index (κ1) is 15.8. The molecule has 112 valence electrons. The van der Waals surface area contributed by atoms with E-state index in [0.717, 1.165) is 12.4 Å². The Morgan fingerprint density at radius 2 is 1.65 bits per heavy atom. The smallest absolute Gasteiger partial charge is 0.434 e. The predicted octanol–water partition coefficient (Wildman–Crippen LogP) is 1.44. The van der Waals surface area contributed by atoms with Crippen LogP contribution in [0.2, 0.25) is 0 Å². The summed E-state index contributed by atoms with van der Waals surface area (Å²) in [6.07, 6.45) is -13.9. The molecule has 0 aromatic carbocycles. The number of nitrogens with two attached hydrogens (primary N) is 1. The normalized spacial score (nSPS) is 13.7. The zero-order valence-corrected chi connectivity index (χ0v) is 9.27. The molecule has 3 N–H and O–H groups in total. The summed E-state index contributed by atoms with van der Waals surface area (Å²) in [5, 5.41) is 10.8. The van der Waals surface area contributed by atoms with Crippen molar-refractivity contribution in [2.45, 2.75) is 18.5 Å². The zero-order valence-electron chi connectivity index (χ0n) is 9.27. The van der Waals surface area contributed by atoms with Crippen LogP contribution in [0.1, 0.15) is 5.69 Å². The second-order valence-electron chi connectivity index (χ2n) is 3.28. The van der Waals surface area contributed by atoms with Crippen LogP contribution in [0.3, 0.4) is 0 Å². The van der Waals surface area contributed by atoms with E-state index >= 15 is 0 Å². The molecule has 0 unspecified atom stereocenters. The third-order valence-corrected chi connectivity index (χ3v) is 1.84. The number of ether oxygens (including phenoxy) is 1. The monoisotopic (exact) mass is 304 g/mol. The summed E-state index contributed by atoms with van der Waals surface area (Å²) in [7, 11) is 0. The molecule has 0 fully saturated rings. The Morgan fingerprint density at radius 3 is 2.10 bits per heavy atom. The standard InChI is InChI=1S/C8H6F6N4O2/c9-7(10,11)6(8(12,13)14)20-5-3(4(15)18-19)16-1-2-17-5/h1-2,6,19H,(H2,15,18). The van der Waals surface area contributed by atoms with Crippen molar-refractivity contribution in [2.24, 2.45) is 10.9 Å². The highest BCUT2D eigenvalue weighted by Gasteiger charge is 2.59. The molecule has 0 aliphatic carbocycles. The van der Waals surface area contributed by atoms with Gasteiger partial charge in [-0.15, -0.1) is 0 Å². The fourth-order valence-corrected chi connectivity index (χ4v) is 1.07. The van der Waals surface area contributed by atoms with E-state index in [1.165, 1.54) is 0 Å². The van der Waals surface area contributed by atoms with Crippen molar-refractivity contribution in [3.8, 4) is 5.88 Å². The van der Waals surface area contributed by atoms with Crippen LogP contribution >= 0.6 is 0 Å². The highest BCUT2D eigenvalue weighted by Crippen LogP contribution is 2.36. The lowest BCUT2D eigenvalue weighted by Gasteiger charge is -2.23. The number of hydrogen-bond donors (Lipinski definition) is 2. The molecule has 0 saturated carbocycles. The molecular formula is C8H6F6N4O2. The molecule has 0 aliphatic heterocycles. The van der Waals surface area contributed by atoms with Gasteiger partial charge in [0.05, 0.1) is 0 Å². The van der Waals surface area contributed by atoms with Gasteiger partial charge in [0.2, 0.25) is 5.88 Å². The molecule has 0 radical (unpaired) electrons. The van der Waals surface area contributed by atoms with Gasteiger partial charge < -0.3 is 15.7 Å². The number of hydrogen-bond acceptors (Lipinski definition) is 5. The number of halogens is 6. The molecule has 0 spiro atoms. The maximum Gasteiger partial charge on any atom is 0.434 e. The molecule has 0 amide bonds.